The molecule has 0 aliphatic heterocycles. The van der Waals surface area contributed by atoms with Crippen LogP contribution in [0, 0.1) is 5.92 Å². The van der Waals surface area contributed by atoms with Crippen LogP contribution in [0.2, 0.25) is 0 Å². The largest absolute Gasteiger partial charge is 0.501 e. The molecule has 0 aliphatic carbocycles. The smallest absolute Gasteiger partial charge is 0.309 e. The van der Waals surface area contributed by atoms with E-state index >= 15 is 0 Å². The van der Waals surface area contributed by atoms with E-state index in [-0.39, 0.29) is 30.7 Å². The fourth-order valence-corrected chi connectivity index (χ4v) is 0.740. The van der Waals surface area contributed by atoms with Crippen LogP contribution in [-0.2, 0) is 23.8 Å². The summed E-state index contributed by atoms with van der Waals surface area (Å²) in [6.45, 7) is 3.81. The number of rotatable bonds is 7. The standard InChI is InChI=1S/C10H16O5/c1-4-8(2)10(12)14-6-9(5-13-3)15-7-11/h5,7-8H,4,6H2,1-3H3/b9-5-. The van der Waals surface area contributed by atoms with Crippen LogP contribution in [0.1, 0.15) is 20.3 Å². The van der Waals surface area contributed by atoms with Crippen molar-refractivity contribution < 1.29 is 23.8 Å². The lowest BCUT2D eigenvalue weighted by atomic mass is 10.1. The molecular weight excluding hydrogens is 200 g/mol. The topological polar surface area (TPSA) is 61.8 Å². The Kier molecular flexibility index (Phi) is 7.05. The molecule has 0 rings (SSSR count). The molecule has 0 heterocycles. The lowest BCUT2D eigenvalue weighted by Crippen LogP contribution is -2.16. The molecule has 1 atom stereocenters. The van der Waals surface area contributed by atoms with Crippen LogP contribution in [0.3, 0.4) is 0 Å². The fraction of sp³-hybridized carbons (Fsp3) is 0.600. The highest BCUT2D eigenvalue weighted by Gasteiger charge is 2.13. The lowest BCUT2D eigenvalue weighted by molar-refractivity contribution is -0.149. The van der Waals surface area contributed by atoms with Crippen molar-refractivity contribution in [3.05, 3.63) is 12.0 Å². The van der Waals surface area contributed by atoms with Gasteiger partial charge in [0, 0.05) is 0 Å². The summed E-state index contributed by atoms with van der Waals surface area (Å²) in [5.41, 5.74) is 0. The average Bonchev–Trinajstić information content (AvgIpc) is 2.25. The van der Waals surface area contributed by atoms with Gasteiger partial charge in [-0.15, -0.1) is 0 Å². The first-order valence-corrected chi connectivity index (χ1v) is 4.64. The highest BCUT2D eigenvalue weighted by Crippen LogP contribution is 2.05. The van der Waals surface area contributed by atoms with Gasteiger partial charge in [-0.25, -0.2) is 0 Å². The molecule has 0 saturated heterocycles. The van der Waals surface area contributed by atoms with Gasteiger partial charge in [-0.3, -0.25) is 9.59 Å². The van der Waals surface area contributed by atoms with E-state index in [1.165, 1.54) is 13.4 Å². The zero-order valence-corrected chi connectivity index (χ0v) is 9.19. The van der Waals surface area contributed by atoms with Crippen LogP contribution in [0.25, 0.3) is 0 Å². The van der Waals surface area contributed by atoms with Crippen molar-refractivity contribution in [2.75, 3.05) is 13.7 Å². The quantitative estimate of drug-likeness (QED) is 0.364. The summed E-state index contributed by atoms with van der Waals surface area (Å²) in [5, 5.41) is 0. The third-order valence-corrected chi connectivity index (χ3v) is 1.82. The number of hydrogen-bond donors (Lipinski definition) is 0. The van der Waals surface area contributed by atoms with Gasteiger partial charge in [0.25, 0.3) is 6.47 Å². The molecule has 0 aromatic rings. The van der Waals surface area contributed by atoms with Gasteiger partial charge in [-0.2, -0.15) is 0 Å². The van der Waals surface area contributed by atoms with E-state index in [4.69, 9.17) is 4.74 Å². The van der Waals surface area contributed by atoms with Gasteiger partial charge in [0.1, 0.15) is 6.26 Å². The maximum Gasteiger partial charge on any atom is 0.309 e. The van der Waals surface area contributed by atoms with Crippen LogP contribution in [0.5, 0.6) is 0 Å². The number of esters is 1. The second-order valence-corrected chi connectivity index (χ2v) is 2.95. The van der Waals surface area contributed by atoms with Gasteiger partial charge in [0.15, 0.2) is 12.4 Å². The number of ether oxygens (including phenoxy) is 3. The van der Waals surface area contributed by atoms with Crippen molar-refractivity contribution in [3.63, 3.8) is 0 Å². The normalized spacial score (nSPS) is 12.9. The Morgan fingerprint density at radius 2 is 2.13 bits per heavy atom. The molecule has 0 spiro atoms. The molecule has 0 bridgehead atoms. The molecule has 0 aromatic carbocycles. The van der Waals surface area contributed by atoms with Gasteiger partial charge in [-0.05, 0) is 6.42 Å². The third kappa shape index (κ3) is 5.72. The molecule has 5 nitrogen and oxygen atoms in total. The van der Waals surface area contributed by atoms with Gasteiger partial charge in [-0.1, -0.05) is 13.8 Å². The Morgan fingerprint density at radius 1 is 1.47 bits per heavy atom. The van der Waals surface area contributed by atoms with Gasteiger partial charge < -0.3 is 14.2 Å². The van der Waals surface area contributed by atoms with Crippen molar-refractivity contribution in [2.45, 2.75) is 20.3 Å². The second-order valence-electron chi connectivity index (χ2n) is 2.95. The maximum atomic E-state index is 11.3. The van der Waals surface area contributed by atoms with Crippen molar-refractivity contribution in [1.29, 1.82) is 0 Å². The molecule has 0 amide bonds. The zero-order chi connectivity index (χ0) is 11.7. The maximum absolute atomic E-state index is 11.3. The average molecular weight is 216 g/mol. The van der Waals surface area contributed by atoms with E-state index in [9.17, 15) is 9.59 Å². The highest BCUT2D eigenvalue weighted by molar-refractivity contribution is 5.72. The Balaban J connectivity index is 4.04. The van der Waals surface area contributed by atoms with E-state index in [2.05, 4.69) is 9.47 Å². The van der Waals surface area contributed by atoms with Crippen molar-refractivity contribution >= 4 is 12.4 Å². The summed E-state index contributed by atoms with van der Waals surface area (Å²) in [6, 6.07) is 0. The first-order valence-electron chi connectivity index (χ1n) is 4.64. The molecule has 86 valence electrons. The van der Waals surface area contributed by atoms with Gasteiger partial charge in [0.2, 0.25) is 0 Å². The van der Waals surface area contributed by atoms with E-state index in [0.717, 1.165) is 0 Å². The molecule has 0 aromatic heterocycles. The van der Waals surface area contributed by atoms with E-state index < -0.39 is 0 Å². The van der Waals surface area contributed by atoms with Gasteiger partial charge in [0.05, 0.1) is 13.0 Å². The Bertz CT molecular complexity index is 234. The first-order chi connectivity index (χ1) is 7.15. The van der Waals surface area contributed by atoms with Crippen LogP contribution in [0.15, 0.2) is 12.0 Å². The molecular formula is C10H16O5. The molecule has 0 radical (unpaired) electrons. The summed E-state index contributed by atoms with van der Waals surface area (Å²) in [7, 11) is 1.41. The van der Waals surface area contributed by atoms with E-state index in [1.807, 2.05) is 6.92 Å². The number of methoxy groups -OCH3 is 1. The van der Waals surface area contributed by atoms with Crippen LogP contribution < -0.4 is 0 Å². The molecule has 1 unspecified atom stereocenters. The summed E-state index contributed by atoms with van der Waals surface area (Å²) in [5.74, 6) is -0.330. The number of carbonyl (C=O) groups excluding carboxylic acids is 2. The monoisotopic (exact) mass is 216 g/mol. The van der Waals surface area contributed by atoms with E-state index in [1.54, 1.807) is 6.92 Å². The summed E-state index contributed by atoms with van der Waals surface area (Å²) in [4.78, 5) is 21.3. The minimum absolute atomic E-state index is 0.101. The van der Waals surface area contributed by atoms with Crippen LogP contribution >= 0.6 is 0 Å². The Labute approximate surface area is 89.0 Å². The SMILES string of the molecule is CCC(C)C(=O)OC/C(=C/OC)OC=O. The summed E-state index contributed by atoms with van der Waals surface area (Å²) >= 11 is 0. The van der Waals surface area contributed by atoms with Gasteiger partial charge >= 0.3 is 5.97 Å². The molecule has 0 N–H and O–H groups in total. The molecule has 5 heteroatoms. The van der Waals surface area contributed by atoms with Crippen molar-refractivity contribution in [1.82, 2.24) is 0 Å². The second kappa shape index (κ2) is 7.84. The lowest BCUT2D eigenvalue weighted by Gasteiger charge is -2.09. The van der Waals surface area contributed by atoms with E-state index in [0.29, 0.717) is 6.42 Å². The highest BCUT2D eigenvalue weighted by atomic mass is 16.6. The third-order valence-electron chi connectivity index (χ3n) is 1.82. The summed E-state index contributed by atoms with van der Waals surface area (Å²) in [6.07, 6.45) is 1.91. The number of carbonyl (C=O) groups is 2. The Morgan fingerprint density at radius 3 is 2.60 bits per heavy atom. The predicted molar refractivity (Wildman–Crippen MR) is 52.7 cm³/mol. The van der Waals surface area contributed by atoms with Crippen LogP contribution in [-0.4, -0.2) is 26.2 Å². The predicted octanol–water partition coefficient (Wildman–Crippen LogP) is 1.24. The number of hydrogen-bond acceptors (Lipinski definition) is 5. The fourth-order valence-electron chi connectivity index (χ4n) is 0.740. The summed E-state index contributed by atoms with van der Waals surface area (Å²) < 4.78 is 14.1. The Hall–Kier alpha value is -1.52. The minimum atomic E-state index is -0.325. The van der Waals surface area contributed by atoms with Crippen molar-refractivity contribution in [3.8, 4) is 0 Å². The van der Waals surface area contributed by atoms with Crippen molar-refractivity contribution in [2.24, 2.45) is 5.92 Å². The molecule has 0 fully saturated rings. The minimum Gasteiger partial charge on any atom is -0.501 e. The molecule has 15 heavy (non-hydrogen) atoms. The molecule has 0 aliphatic rings. The first kappa shape index (κ1) is 13.5. The van der Waals surface area contributed by atoms with Crippen LogP contribution in [0.4, 0.5) is 0 Å². The molecule has 0 saturated carbocycles. The zero-order valence-electron chi connectivity index (χ0n) is 9.19.